The lowest BCUT2D eigenvalue weighted by Gasteiger charge is -2.34. The van der Waals surface area contributed by atoms with E-state index in [0.29, 0.717) is 19.0 Å². The number of hydrazone groups is 1. The number of ether oxygens (including phenoxy) is 1. The highest BCUT2D eigenvalue weighted by atomic mass is 16.5. The van der Waals surface area contributed by atoms with Crippen molar-refractivity contribution in [2.24, 2.45) is 33.7 Å². The highest BCUT2D eigenvalue weighted by Gasteiger charge is 2.67. The zero-order valence-electron chi connectivity index (χ0n) is 19.7. The smallest absolute Gasteiger partial charge is 0.247 e. The summed E-state index contributed by atoms with van der Waals surface area (Å²) in [5.41, 5.74) is 4.74. The molecule has 1 N–H and O–H groups in total. The van der Waals surface area contributed by atoms with Crippen LogP contribution in [0.2, 0.25) is 0 Å². The number of carbonyl (C=O) groups is 2. The molecule has 5 aliphatic rings. The first kappa shape index (κ1) is 21.1. The third-order valence-electron chi connectivity index (χ3n) is 9.81. The standard InChI is InChI=1S/C27H33N3O3/c1-25(2)18-9-12-26(25,3)20(15-18)28-29-23(31)21-19-10-13-27(33-19)16-30(24(32)22(21)27)14-11-17-7-5-4-6-8-17/h4-8,10,13,18-19,21-22H,9,11-12,14-16H2,1-3H3,(H,29,31)/b28-20+/t18-,19+,21+,22-,26+,27+/m1/s1. The number of amides is 2. The Balaban J connectivity index is 1.17. The van der Waals surface area contributed by atoms with Crippen molar-refractivity contribution in [1.82, 2.24) is 10.3 Å². The van der Waals surface area contributed by atoms with Gasteiger partial charge in [-0.15, -0.1) is 0 Å². The molecule has 6 nitrogen and oxygen atoms in total. The van der Waals surface area contributed by atoms with Crippen LogP contribution in [-0.4, -0.2) is 47.2 Å². The summed E-state index contributed by atoms with van der Waals surface area (Å²) in [6, 6.07) is 10.2. The summed E-state index contributed by atoms with van der Waals surface area (Å²) in [7, 11) is 0. The normalized spacial score (nSPS) is 40.8. The molecule has 174 valence electrons. The van der Waals surface area contributed by atoms with Gasteiger partial charge in [-0.2, -0.15) is 5.10 Å². The molecule has 2 saturated heterocycles. The first-order valence-corrected chi connectivity index (χ1v) is 12.3. The van der Waals surface area contributed by atoms with Gasteiger partial charge in [0.05, 0.1) is 24.5 Å². The molecule has 2 amide bonds. The van der Waals surface area contributed by atoms with Crippen molar-refractivity contribution in [2.45, 2.75) is 58.2 Å². The zero-order valence-corrected chi connectivity index (χ0v) is 19.7. The Kier molecular flexibility index (Phi) is 4.48. The number of hydrogen-bond donors (Lipinski definition) is 1. The molecule has 6 heteroatoms. The molecule has 33 heavy (non-hydrogen) atoms. The maximum Gasteiger partial charge on any atom is 0.247 e. The SMILES string of the molecule is CC1(C)[C@@H]2CC[C@@]1(C)/C(=N/NC(=O)[C@H]1[C@@H]3C=C[C@@]4(CN(CCc5ccccc5)C(=O)[C@@H]14)O3)C2. The van der Waals surface area contributed by atoms with Crippen molar-refractivity contribution in [1.29, 1.82) is 0 Å². The number of fused-ring (bicyclic) bond motifs is 3. The molecule has 2 aliphatic carbocycles. The van der Waals surface area contributed by atoms with E-state index >= 15 is 0 Å². The summed E-state index contributed by atoms with van der Waals surface area (Å²) >= 11 is 0. The van der Waals surface area contributed by atoms with Crippen LogP contribution in [0.4, 0.5) is 0 Å². The van der Waals surface area contributed by atoms with Crippen molar-refractivity contribution >= 4 is 17.5 Å². The highest BCUT2D eigenvalue weighted by Crippen LogP contribution is 2.64. The number of hydrogen-bond acceptors (Lipinski definition) is 4. The molecule has 2 saturated carbocycles. The summed E-state index contributed by atoms with van der Waals surface area (Å²) in [6.07, 6.45) is 7.73. The van der Waals surface area contributed by atoms with Crippen LogP contribution < -0.4 is 5.43 Å². The van der Waals surface area contributed by atoms with Crippen LogP contribution in [0.1, 0.15) is 45.6 Å². The fourth-order valence-corrected chi connectivity index (χ4v) is 7.27. The lowest BCUT2D eigenvalue weighted by Crippen LogP contribution is -2.43. The first-order chi connectivity index (χ1) is 15.8. The Morgan fingerprint density at radius 3 is 2.73 bits per heavy atom. The largest absolute Gasteiger partial charge is 0.360 e. The summed E-state index contributed by atoms with van der Waals surface area (Å²) in [5.74, 6) is -0.516. The van der Waals surface area contributed by atoms with E-state index in [4.69, 9.17) is 4.74 Å². The summed E-state index contributed by atoms with van der Waals surface area (Å²) in [5, 5.41) is 4.65. The van der Waals surface area contributed by atoms with E-state index in [9.17, 15) is 9.59 Å². The van der Waals surface area contributed by atoms with Crippen molar-refractivity contribution < 1.29 is 14.3 Å². The molecule has 3 heterocycles. The minimum absolute atomic E-state index is 0.0265. The Hall–Kier alpha value is -2.47. The van der Waals surface area contributed by atoms with E-state index in [1.54, 1.807) is 0 Å². The maximum absolute atomic E-state index is 13.4. The summed E-state index contributed by atoms with van der Waals surface area (Å²) in [6.45, 7) is 8.09. The van der Waals surface area contributed by atoms with Crippen molar-refractivity contribution in [3.63, 3.8) is 0 Å². The van der Waals surface area contributed by atoms with Gasteiger partial charge in [0.15, 0.2) is 0 Å². The van der Waals surface area contributed by atoms with E-state index in [2.05, 4.69) is 43.4 Å². The van der Waals surface area contributed by atoms with Gasteiger partial charge in [-0.25, -0.2) is 5.43 Å². The van der Waals surface area contributed by atoms with Crippen LogP contribution in [0.25, 0.3) is 0 Å². The molecule has 1 aromatic rings. The zero-order chi connectivity index (χ0) is 23.0. The van der Waals surface area contributed by atoms with Gasteiger partial charge in [0.25, 0.3) is 0 Å². The van der Waals surface area contributed by atoms with Crippen molar-refractivity contribution in [3.8, 4) is 0 Å². The van der Waals surface area contributed by atoms with E-state index in [0.717, 1.165) is 25.0 Å². The third-order valence-corrected chi connectivity index (χ3v) is 9.81. The fraction of sp³-hybridized carbons (Fsp3) is 0.593. The van der Waals surface area contributed by atoms with Crippen LogP contribution in [0.3, 0.4) is 0 Å². The van der Waals surface area contributed by atoms with Crippen LogP contribution in [0.15, 0.2) is 47.6 Å². The predicted octanol–water partition coefficient (Wildman–Crippen LogP) is 3.33. The monoisotopic (exact) mass is 447 g/mol. The van der Waals surface area contributed by atoms with Gasteiger partial charge in [0.2, 0.25) is 11.8 Å². The van der Waals surface area contributed by atoms with Gasteiger partial charge in [-0.3, -0.25) is 9.59 Å². The third kappa shape index (κ3) is 2.86. The average molecular weight is 448 g/mol. The molecule has 6 rings (SSSR count). The Bertz CT molecular complexity index is 1060. The lowest BCUT2D eigenvalue weighted by atomic mass is 9.70. The molecule has 4 bridgehead atoms. The van der Waals surface area contributed by atoms with Crippen LogP contribution in [0, 0.1) is 28.6 Å². The maximum atomic E-state index is 13.4. The Morgan fingerprint density at radius 1 is 1.24 bits per heavy atom. The van der Waals surface area contributed by atoms with Gasteiger partial charge >= 0.3 is 0 Å². The molecule has 0 unspecified atom stereocenters. The number of nitrogens with zero attached hydrogens (tertiary/aromatic N) is 2. The highest BCUT2D eigenvalue weighted by molar-refractivity contribution is 5.96. The van der Waals surface area contributed by atoms with E-state index < -0.39 is 17.4 Å². The van der Waals surface area contributed by atoms with Crippen LogP contribution in [0.5, 0.6) is 0 Å². The number of benzene rings is 1. The van der Waals surface area contributed by atoms with Gasteiger partial charge in [0, 0.05) is 17.7 Å². The van der Waals surface area contributed by atoms with E-state index in [-0.39, 0.29) is 28.7 Å². The number of likely N-dealkylation sites (tertiary alicyclic amines) is 1. The molecular formula is C27H33N3O3. The minimum atomic E-state index is -0.673. The second-order valence-electron chi connectivity index (χ2n) is 11.4. The topological polar surface area (TPSA) is 71.0 Å². The van der Waals surface area contributed by atoms with Gasteiger partial charge in [-0.05, 0) is 42.6 Å². The molecule has 6 atom stereocenters. The molecular weight excluding hydrogens is 414 g/mol. The van der Waals surface area contributed by atoms with Gasteiger partial charge < -0.3 is 9.64 Å². The minimum Gasteiger partial charge on any atom is -0.360 e. The van der Waals surface area contributed by atoms with Crippen LogP contribution >= 0.6 is 0 Å². The number of nitrogens with one attached hydrogen (secondary N) is 1. The quantitative estimate of drug-likeness (QED) is 0.556. The summed E-state index contributed by atoms with van der Waals surface area (Å²) in [4.78, 5) is 28.6. The second-order valence-corrected chi connectivity index (χ2v) is 11.4. The predicted molar refractivity (Wildman–Crippen MR) is 125 cm³/mol. The van der Waals surface area contributed by atoms with Gasteiger partial charge in [-0.1, -0.05) is 63.3 Å². The Morgan fingerprint density at radius 2 is 2.03 bits per heavy atom. The lowest BCUT2D eigenvalue weighted by molar-refractivity contribution is -0.137. The average Bonchev–Trinajstić information content (AvgIpc) is 3.53. The molecule has 0 aromatic heterocycles. The molecule has 1 spiro atoms. The van der Waals surface area contributed by atoms with E-state index in [1.807, 2.05) is 35.3 Å². The molecule has 3 aliphatic heterocycles. The molecule has 0 radical (unpaired) electrons. The molecule has 1 aromatic carbocycles. The van der Waals surface area contributed by atoms with E-state index in [1.165, 1.54) is 12.0 Å². The van der Waals surface area contributed by atoms with Crippen molar-refractivity contribution in [3.05, 3.63) is 48.0 Å². The summed E-state index contributed by atoms with van der Waals surface area (Å²) < 4.78 is 6.26. The second kappa shape index (κ2) is 7.02. The first-order valence-electron chi connectivity index (χ1n) is 12.3. The van der Waals surface area contributed by atoms with Crippen molar-refractivity contribution in [2.75, 3.05) is 13.1 Å². The number of rotatable bonds is 5. The Labute approximate surface area is 195 Å². The van der Waals surface area contributed by atoms with Gasteiger partial charge in [0.1, 0.15) is 5.60 Å². The number of carbonyl (C=O) groups excluding carboxylic acids is 2. The van der Waals surface area contributed by atoms with Crippen LogP contribution in [-0.2, 0) is 20.7 Å². The fourth-order valence-electron chi connectivity index (χ4n) is 7.27. The molecule has 4 fully saturated rings.